The van der Waals surface area contributed by atoms with Crippen molar-refractivity contribution in [3.05, 3.63) is 63.6 Å². The van der Waals surface area contributed by atoms with Crippen molar-refractivity contribution < 1.29 is 37.9 Å². The van der Waals surface area contributed by atoms with Gasteiger partial charge in [-0.1, -0.05) is 38.6 Å². The maximum atomic E-state index is 13.8. The average Bonchev–Trinajstić information content (AvgIpc) is 3.93. The molecule has 16 nitrogen and oxygen atoms in total. The van der Waals surface area contributed by atoms with Gasteiger partial charge in [0.05, 0.1) is 12.1 Å². The fourth-order valence-electron chi connectivity index (χ4n) is 9.49. The molecule has 0 bridgehead atoms. The lowest BCUT2D eigenvalue weighted by Crippen LogP contribution is -2.51. The van der Waals surface area contributed by atoms with Crippen molar-refractivity contribution in [2.24, 2.45) is 13.0 Å². The fraction of sp³-hybridized carbons (Fsp3) is 0.617. The molecule has 3 aromatic rings. The van der Waals surface area contributed by atoms with Gasteiger partial charge in [-0.05, 0) is 113 Å². The third-order valence-electron chi connectivity index (χ3n) is 13.3. The zero-order chi connectivity index (χ0) is 43.9. The van der Waals surface area contributed by atoms with Crippen LogP contribution in [-0.4, -0.2) is 143 Å². The molecule has 4 saturated heterocycles. The van der Waals surface area contributed by atoms with E-state index in [1.165, 1.54) is 4.57 Å². The topological polar surface area (TPSA) is 167 Å². The second-order valence-corrected chi connectivity index (χ2v) is 17.7. The van der Waals surface area contributed by atoms with E-state index < -0.39 is 18.0 Å². The normalized spacial score (nSPS) is 20.3. The summed E-state index contributed by atoms with van der Waals surface area (Å²) in [5, 5.41) is 3.03. The highest BCUT2D eigenvalue weighted by molar-refractivity contribution is 5.91. The highest BCUT2D eigenvalue weighted by Crippen LogP contribution is 2.27. The minimum Gasteiger partial charge on any atom is -0.464 e. The first kappa shape index (κ1) is 47.1. The molecule has 16 heteroatoms. The summed E-state index contributed by atoms with van der Waals surface area (Å²) in [5.74, 6) is 0.0213. The van der Waals surface area contributed by atoms with Crippen LogP contribution in [0.5, 0.6) is 0 Å². The molecule has 344 valence electrons. The second kappa shape index (κ2) is 21.3. The standard InChI is InChI=1S/C33H41N5O6.C13H22N2O3.CH4/c1-21-8-13-36(14-9-21)30(39)28(20-23-18-22(2)29-27(19-23)43-32(41)35(29)3)44-33(42)37-15-11-25(12-16-37)38-17-10-24-6-4-5-7-26(24)34-31(38)40;1-14-7-2-5-11(14)13(17)18-10-4-9-15-8-3-6-12(15)16;/h4-7,18-19,21,25,28H,8-17,20H2,1-3H3,(H,34,40);11H,2-10H2,1H3;1H4/t28-;11-;/m10./s1. The summed E-state index contributed by atoms with van der Waals surface area (Å²) in [6.07, 6.45) is 6.86. The maximum Gasteiger partial charge on any atom is 0.419 e. The summed E-state index contributed by atoms with van der Waals surface area (Å²) in [5.41, 5.74) is 4.72. The number of hydrogen-bond acceptors (Lipinski definition) is 10. The summed E-state index contributed by atoms with van der Waals surface area (Å²) < 4.78 is 18.1. The van der Waals surface area contributed by atoms with Gasteiger partial charge in [0.15, 0.2) is 11.7 Å². The predicted octanol–water partition coefficient (Wildman–Crippen LogP) is 5.57. The molecule has 63 heavy (non-hydrogen) atoms. The van der Waals surface area contributed by atoms with Crippen LogP contribution in [0.1, 0.15) is 88.8 Å². The molecule has 4 fully saturated rings. The van der Waals surface area contributed by atoms with E-state index >= 15 is 0 Å². The number of ether oxygens (including phenoxy) is 2. The summed E-state index contributed by atoms with van der Waals surface area (Å²) in [7, 11) is 3.62. The van der Waals surface area contributed by atoms with Gasteiger partial charge in [-0.3, -0.25) is 23.9 Å². The van der Waals surface area contributed by atoms with Crippen LogP contribution in [0.15, 0.2) is 45.6 Å². The number of likely N-dealkylation sites (tertiary alicyclic amines) is 4. The molecule has 5 aliphatic rings. The number of rotatable bonds is 10. The molecule has 0 saturated carbocycles. The van der Waals surface area contributed by atoms with Gasteiger partial charge in [-0.25, -0.2) is 14.4 Å². The lowest BCUT2D eigenvalue weighted by atomic mass is 9.98. The van der Waals surface area contributed by atoms with Crippen LogP contribution in [0.25, 0.3) is 11.1 Å². The summed E-state index contributed by atoms with van der Waals surface area (Å²) in [6.45, 7) is 9.80. The number of piperidine rings is 2. The SMILES string of the molecule is C.CN1CCC[C@H]1C(=O)OCCCN1CCCC1=O.Cc1cc(C[C@@H](OC(=O)N2CCC(N3CCc4ccccc4NC3=O)CC2)C(=O)N2CCC(C)CC2)cc2oc(=O)n(C)c12. The molecule has 1 aromatic heterocycles. The third-order valence-corrected chi connectivity index (χ3v) is 13.3. The van der Waals surface area contributed by atoms with E-state index in [9.17, 15) is 28.8 Å². The summed E-state index contributed by atoms with van der Waals surface area (Å²) >= 11 is 0. The van der Waals surface area contributed by atoms with E-state index in [0.717, 1.165) is 80.4 Å². The highest BCUT2D eigenvalue weighted by Gasteiger charge is 2.36. The number of hydrogen-bond donors (Lipinski definition) is 1. The number of esters is 1. The van der Waals surface area contributed by atoms with Crippen molar-refractivity contribution in [1.29, 1.82) is 0 Å². The van der Waals surface area contributed by atoms with Gasteiger partial charge in [-0.2, -0.15) is 0 Å². The molecule has 8 rings (SSSR count). The molecule has 0 spiro atoms. The lowest BCUT2D eigenvalue weighted by molar-refractivity contribution is -0.148. The van der Waals surface area contributed by atoms with Crippen LogP contribution >= 0.6 is 0 Å². The van der Waals surface area contributed by atoms with Gasteiger partial charge < -0.3 is 38.8 Å². The molecular formula is C47H67N7O9. The van der Waals surface area contributed by atoms with Gasteiger partial charge in [0.1, 0.15) is 6.04 Å². The van der Waals surface area contributed by atoms with Crippen LogP contribution in [0.3, 0.4) is 0 Å². The molecule has 5 amide bonds. The van der Waals surface area contributed by atoms with Crippen LogP contribution in [0, 0.1) is 12.8 Å². The first-order valence-corrected chi connectivity index (χ1v) is 22.5. The average molecular weight is 874 g/mol. The smallest absolute Gasteiger partial charge is 0.419 e. The first-order chi connectivity index (χ1) is 29.9. The van der Waals surface area contributed by atoms with E-state index in [4.69, 9.17) is 13.9 Å². The Morgan fingerprint density at radius 2 is 1.60 bits per heavy atom. The maximum absolute atomic E-state index is 13.8. The van der Waals surface area contributed by atoms with E-state index in [0.29, 0.717) is 82.2 Å². The molecule has 5 aliphatic heterocycles. The minimum atomic E-state index is -1.00. The number of nitrogens with one attached hydrogen (secondary N) is 1. The number of carbonyl (C=O) groups is 5. The Morgan fingerprint density at radius 3 is 2.30 bits per heavy atom. The van der Waals surface area contributed by atoms with Crippen molar-refractivity contribution in [2.75, 3.05) is 71.3 Å². The zero-order valence-corrected chi connectivity index (χ0v) is 36.8. The Balaban J connectivity index is 0.000000292. The Kier molecular flexibility index (Phi) is 15.9. The van der Waals surface area contributed by atoms with Gasteiger partial charge in [0, 0.05) is 77.4 Å². The van der Waals surface area contributed by atoms with Gasteiger partial charge >= 0.3 is 23.8 Å². The van der Waals surface area contributed by atoms with E-state index in [2.05, 4.69) is 12.2 Å². The number of anilines is 1. The van der Waals surface area contributed by atoms with Gasteiger partial charge in [0.25, 0.3) is 5.91 Å². The number of nitrogens with zero attached hydrogens (tertiary/aromatic N) is 6. The Morgan fingerprint density at radius 1 is 0.873 bits per heavy atom. The zero-order valence-electron chi connectivity index (χ0n) is 36.8. The van der Waals surface area contributed by atoms with Gasteiger partial charge in [0.2, 0.25) is 5.91 Å². The molecule has 0 unspecified atom stereocenters. The summed E-state index contributed by atoms with van der Waals surface area (Å²) in [6, 6.07) is 11.4. The molecule has 0 aliphatic carbocycles. The van der Waals surface area contributed by atoms with Crippen molar-refractivity contribution in [1.82, 2.24) is 29.1 Å². The number of benzene rings is 2. The fourth-order valence-corrected chi connectivity index (χ4v) is 9.49. The monoisotopic (exact) mass is 874 g/mol. The van der Waals surface area contributed by atoms with Gasteiger partial charge in [-0.15, -0.1) is 0 Å². The second-order valence-electron chi connectivity index (χ2n) is 17.7. The van der Waals surface area contributed by atoms with Crippen molar-refractivity contribution >= 4 is 46.7 Å². The third kappa shape index (κ3) is 11.4. The first-order valence-electron chi connectivity index (χ1n) is 22.5. The van der Waals surface area contributed by atoms with Crippen LogP contribution < -0.4 is 11.1 Å². The Labute approximate surface area is 370 Å². The van der Waals surface area contributed by atoms with Crippen LogP contribution in [0.2, 0.25) is 0 Å². The summed E-state index contributed by atoms with van der Waals surface area (Å²) in [4.78, 5) is 84.8. The number of fused-ring (bicyclic) bond motifs is 2. The molecular weight excluding hydrogens is 807 g/mol. The number of likely N-dealkylation sites (N-methyl/N-ethyl adjacent to an activating group) is 1. The van der Waals surface area contributed by atoms with Crippen molar-refractivity contribution in [3.63, 3.8) is 0 Å². The number of aryl methyl sites for hydroxylation is 2. The van der Waals surface area contributed by atoms with E-state index in [1.54, 1.807) is 22.9 Å². The number of carbonyl (C=O) groups excluding carboxylic acids is 5. The predicted molar refractivity (Wildman–Crippen MR) is 239 cm³/mol. The molecule has 6 heterocycles. The Bertz CT molecular complexity index is 2150. The lowest BCUT2D eigenvalue weighted by Gasteiger charge is -2.38. The number of aromatic nitrogens is 1. The molecule has 2 atom stereocenters. The Hall–Kier alpha value is -5.38. The van der Waals surface area contributed by atoms with Crippen molar-refractivity contribution in [2.45, 2.75) is 110 Å². The largest absolute Gasteiger partial charge is 0.464 e. The molecule has 0 radical (unpaired) electrons. The minimum absolute atomic E-state index is 0. The van der Waals surface area contributed by atoms with Crippen LogP contribution in [-0.2, 0) is 43.7 Å². The van der Waals surface area contributed by atoms with Crippen LogP contribution in [0.4, 0.5) is 15.3 Å². The number of amides is 5. The quantitative estimate of drug-likeness (QED) is 0.201. The number of oxazole rings is 1. The number of para-hydroxylation sites is 1. The number of urea groups is 1. The van der Waals surface area contributed by atoms with Crippen molar-refractivity contribution in [3.8, 4) is 0 Å². The van der Waals surface area contributed by atoms with E-state index in [-0.39, 0.29) is 49.7 Å². The highest BCUT2D eigenvalue weighted by atomic mass is 16.6. The van der Waals surface area contributed by atoms with E-state index in [1.807, 2.05) is 59.0 Å². The molecule has 2 aromatic carbocycles. The molecule has 1 N–H and O–H groups in total.